The fraction of sp³-hybridized carbons (Fsp3) is 0.500. The summed E-state index contributed by atoms with van der Waals surface area (Å²) in [5.41, 5.74) is 1.93. The minimum Gasteiger partial charge on any atom is -0.396 e. The summed E-state index contributed by atoms with van der Waals surface area (Å²) in [6.07, 6.45) is 3.19. The molecule has 3 rings (SSSR count). The molecule has 118 valence electrons. The van der Waals surface area contributed by atoms with E-state index in [0.29, 0.717) is 18.3 Å². The summed E-state index contributed by atoms with van der Waals surface area (Å²) >= 11 is 0. The number of aliphatic hydroxyl groups is 1. The molecule has 0 spiro atoms. The molecule has 2 aromatic rings. The summed E-state index contributed by atoms with van der Waals surface area (Å²) in [7, 11) is 1.71. The molecule has 0 bridgehead atoms. The van der Waals surface area contributed by atoms with Crippen molar-refractivity contribution in [3.63, 3.8) is 0 Å². The van der Waals surface area contributed by atoms with Crippen LogP contribution in [0.25, 0.3) is 11.4 Å². The van der Waals surface area contributed by atoms with Crippen molar-refractivity contribution in [2.75, 3.05) is 24.6 Å². The van der Waals surface area contributed by atoms with Gasteiger partial charge in [-0.25, -0.2) is 9.89 Å². The molecule has 0 saturated carbocycles. The second kappa shape index (κ2) is 6.36. The Kier molecular flexibility index (Phi) is 4.29. The topological polar surface area (TPSA) is 74.2 Å². The first-order chi connectivity index (χ1) is 10.7. The van der Waals surface area contributed by atoms with E-state index in [1.165, 1.54) is 10.3 Å². The van der Waals surface area contributed by atoms with E-state index in [4.69, 9.17) is 5.11 Å². The lowest BCUT2D eigenvalue weighted by molar-refractivity contribution is 0.240. The SMILES string of the molecule is Cn1c(-c2ccc(N3CCC(CCO)CC3)cc2)n[nH]c1=O. The lowest BCUT2D eigenvalue weighted by Gasteiger charge is -2.33. The van der Waals surface area contributed by atoms with E-state index < -0.39 is 0 Å². The normalized spacial score (nSPS) is 16.2. The van der Waals surface area contributed by atoms with Gasteiger partial charge in [-0.2, -0.15) is 5.10 Å². The summed E-state index contributed by atoms with van der Waals surface area (Å²) in [5.74, 6) is 1.30. The number of H-pyrrole nitrogens is 1. The van der Waals surface area contributed by atoms with Crippen LogP contribution in [0.15, 0.2) is 29.1 Å². The second-order valence-electron chi connectivity index (χ2n) is 5.90. The van der Waals surface area contributed by atoms with Crippen LogP contribution in [0.2, 0.25) is 0 Å². The zero-order valence-electron chi connectivity index (χ0n) is 12.8. The van der Waals surface area contributed by atoms with Crippen molar-refractivity contribution in [2.24, 2.45) is 13.0 Å². The van der Waals surface area contributed by atoms with E-state index >= 15 is 0 Å². The largest absolute Gasteiger partial charge is 0.396 e. The number of hydrogen-bond acceptors (Lipinski definition) is 4. The number of anilines is 1. The van der Waals surface area contributed by atoms with E-state index in [-0.39, 0.29) is 5.69 Å². The fourth-order valence-corrected chi connectivity index (χ4v) is 3.09. The van der Waals surface area contributed by atoms with Gasteiger partial charge in [-0.1, -0.05) is 0 Å². The Morgan fingerprint density at radius 2 is 1.95 bits per heavy atom. The monoisotopic (exact) mass is 302 g/mol. The van der Waals surface area contributed by atoms with Gasteiger partial charge < -0.3 is 10.0 Å². The molecule has 1 aromatic heterocycles. The van der Waals surface area contributed by atoms with Gasteiger partial charge in [0.1, 0.15) is 0 Å². The maximum Gasteiger partial charge on any atom is 0.343 e. The Hall–Kier alpha value is -2.08. The third kappa shape index (κ3) is 2.92. The van der Waals surface area contributed by atoms with Crippen molar-refractivity contribution in [1.82, 2.24) is 14.8 Å². The molecule has 0 aliphatic carbocycles. The standard InChI is InChI=1S/C16H22N4O2/c1-19-15(17-18-16(19)22)13-2-4-14(5-3-13)20-9-6-12(7-10-20)8-11-21/h2-5,12,21H,6-11H2,1H3,(H,18,22). The molecule has 2 heterocycles. The lowest BCUT2D eigenvalue weighted by atomic mass is 9.93. The third-order valence-electron chi connectivity index (χ3n) is 4.52. The highest BCUT2D eigenvalue weighted by molar-refractivity contribution is 5.60. The zero-order valence-corrected chi connectivity index (χ0v) is 12.8. The van der Waals surface area contributed by atoms with Gasteiger partial charge in [0.15, 0.2) is 5.82 Å². The minimum atomic E-state index is -0.204. The number of rotatable bonds is 4. The van der Waals surface area contributed by atoms with Crippen molar-refractivity contribution in [3.8, 4) is 11.4 Å². The number of aromatic nitrogens is 3. The maximum atomic E-state index is 11.4. The predicted octanol–water partition coefficient (Wildman–Crippen LogP) is 1.37. The first-order valence-corrected chi connectivity index (χ1v) is 7.76. The smallest absolute Gasteiger partial charge is 0.343 e. The summed E-state index contributed by atoms with van der Waals surface area (Å²) in [6.45, 7) is 2.36. The molecule has 2 N–H and O–H groups in total. The van der Waals surface area contributed by atoms with E-state index in [9.17, 15) is 4.79 Å². The first kappa shape index (κ1) is 14.8. The van der Waals surface area contributed by atoms with Gasteiger partial charge in [0.25, 0.3) is 0 Å². The lowest BCUT2D eigenvalue weighted by Crippen LogP contribution is -2.33. The van der Waals surface area contributed by atoms with Gasteiger partial charge >= 0.3 is 5.69 Å². The van der Waals surface area contributed by atoms with Crippen LogP contribution in [0.1, 0.15) is 19.3 Å². The van der Waals surface area contributed by atoms with Gasteiger partial charge in [-0.3, -0.25) is 4.57 Å². The van der Waals surface area contributed by atoms with Crippen LogP contribution in [0.4, 0.5) is 5.69 Å². The van der Waals surface area contributed by atoms with Crippen molar-refractivity contribution < 1.29 is 5.11 Å². The Labute approximate surface area is 129 Å². The van der Waals surface area contributed by atoms with E-state index in [1.54, 1.807) is 7.05 Å². The molecule has 0 unspecified atom stereocenters. The van der Waals surface area contributed by atoms with Crippen LogP contribution in [0.3, 0.4) is 0 Å². The zero-order chi connectivity index (χ0) is 15.5. The van der Waals surface area contributed by atoms with E-state index in [0.717, 1.165) is 37.9 Å². The van der Waals surface area contributed by atoms with Crippen LogP contribution < -0.4 is 10.6 Å². The third-order valence-corrected chi connectivity index (χ3v) is 4.52. The summed E-state index contributed by atoms with van der Waals surface area (Å²) in [5, 5.41) is 15.5. The first-order valence-electron chi connectivity index (χ1n) is 7.76. The Balaban J connectivity index is 1.70. The van der Waals surface area contributed by atoms with Crippen molar-refractivity contribution in [2.45, 2.75) is 19.3 Å². The highest BCUT2D eigenvalue weighted by atomic mass is 16.3. The van der Waals surface area contributed by atoms with Crippen LogP contribution >= 0.6 is 0 Å². The van der Waals surface area contributed by atoms with E-state index in [1.807, 2.05) is 12.1 Å². The predicted molar refractivity (Wildman–Crippen MR) is 85.9 cm³/mol. The quantitative estimate of drug-likeness (QED) is 0.894. The molecule has 6 heteroatoms. The second-order valence-corrected chi connectivity index (χ2v) is 5.90. The molecule has 0 atom stereocenters. The van der Waals surface area contributed by atoms with Gasteiger partial charge in [-0.15, -0.1) is 0 Å². The van der Waals surface area contributed by atoms with Crippen molar-refractivity contribution in [3.05, 3.63) is 34.7 Å². The molecule has 0 radical (unpaired) electrons. The molecule has 0 amide bonds. The number of piperidine rings is 1. The number of hydrogen-bond donors (Lipinski definition) is 2. The average Bonchev–Trinajstić information content (AvgIpc) is 2.88. The van der Waals surface area contributed by atoms with Crippen molar-refractivity contribution >= 4 is 5.69 Å². The number of aliphatic hydroxyl groups excluding tert-OH is 1. The number of benzene rings is 1. The highest BCUT2D eigenvalue weighted by Crippen LogP contribution is 2.26. The number of nitrogens with one attached hydrogen (secondary N) is 1. The summed E-state index contributed by atoms with van der Waals surface area (Å²) < 4.78 is 1.51. The Morgan fingerprint density at radius 3 is 2.50 bits per heavy atom. The Bertz CT molecular complexity index is 666. The summed E-state index contributed by atoms with van der Waals surface area (Å²) in [4.78, 5) is 13.8. The van der Waals surface area contributed by atoms with Crippen LogP contribution in [0.5, 0.6) is 0 Å². The fourth-order valence-electron chi connectivity index (χ4n) is 3.09. The van der Waals surface area contributed by atoms with Gasteiger partial charge in [0.05, 0.1) is 0 Å². The molecule has 1 aliphatic heterocycles. The molecule has 6 nitrogen and oxygen atoms in total. The van der Waals surface area contributed by atoms with Crippen LogP contribution in [0, 0.1) is 5.92 Å². The van der Waals surface area contributed by atoms with Crippen LogP contribution in [-0.4, -0.2) is 39.6 Å². The molecule has 22 heavy (non-hydrogen) atoms. The van der Waals surface area contributed by atoms with E-state index in [2.05, 4.69) is 27.2 Å². The number of nitrogens with zero attached hydrogens (tertiary/aromatic N) is 3. The molecule has 1 aromatic carbocycles. The molecular formula is C16H22N4O2. The maximum absolute atomic E-state index is 11.4. The Morgan fingerprint density at radius 1 is 1.27 bits per heavy atom. The summed E-state index contributed by atoms with van der Waals surface area (Å²) in [6, 6.07) is 8.18. The van der Waals surface area contributed by atoms with Gasteiger partial charge in [-0.05, 0) is 49.4 Å². The molecule has 1 aliphatic rings. The van der Waals surface area contributed by atoms with Gasteiger partial charge in [0.2, 0.25) is 0 Å². The molecule has 1 fully saturated rings. The van der Waals surface area contributed by atoms with Crippen LogP contribution in [-0.2, 0) is 7.05 Å². The van der Waals surface area contributed by atoms with Gasteiger partial charge in [0, 0.05) is 38.0 Å². The molecular weight excluding hydrogens is 280 g/mol. The minimum absolute atomic E-state index is 0.204. The number of aromatic amines is 1. The molecule has 1 saturated heterocycles. The van der Waals surface area contributed by atoms with Crippen molar-refractivity contribution in [1.29, 1.82) is 0 Å². The average molecular weight is 302 g/mol. The highest BCUT2D eigenvalue weighted by Gasteiger charge is 2.19.